The van der Waals surface area contributed by atoms with Crippen LogP contribution >= 0.6 is 24.0 Å². The molecule has 0 fully saturated rings. The lowest BCUT2D eigenvalue weighted by atomic mass is 10.0. The summed E-state index contributed by atoms with van der Waals surface area (Å²) in [6.45, 7) is 1.34. The summed E-state index contributed by atoms with van der Waals surface area (Å²) in [4.78, 5) is 7.90. The molecule has 5 nitrogen and oxygen atoms in total. The number of H-pyrrole nitrogens is 1. The van der Waals surface area contributed by atoms with Crippen molar-refractivity contribution in [2.45, 2.75) is 18.9 Å². The summed E-state index contributed by atoms with van der Waals surface area (Å²) < 4.78 is 5.68. The van der Waals surface area contributed by atoms with Crippen LogP contribution in [-0.4, -0.2) is 24.1 Å². The van der Waals surface area contributed by atoms with Crippen molar-refractivity contribution in [2.75, 3.05) is 13.2 Å². The molecule has 0 spiro atoms. The van der Waals surface area contributed by atoms with E-state index in [0.29, 0.717) is 19.1 Å². The predicted octanol–water partition coefficient (Wildman–Crippen LogP) is 3.76. The fourth-order valence-electron chi connectivity index (χ4n) is 3.28. The summed E-state index contributed by atoms with van der Waals surface area (Å²) in [6.07, 6.45) is 1.72. The molecular weight excluding hydrogens is 439 g/mol. The molecule has 2 aromatic carbocycles. The number of halogens is 1. The second-order valence-corrected chi connectivity index (χ2v) is 6.27. The first-order chi connectivity index (χ1) is 12.3. The molecule has 2 heterocycles. The highest BCUT2D eigenvalue weighted by Crippen LogP contribution is 2.31. The standard InChI is InChI=1S/C20H22N4O.HI/c21-20(24-18-10-12-25-19-8-4-2-6-16(18)19)22-11-9-15-13-14-5-1-3-7-17(14)23-15;/h1-8,13,18,23H,9-12H2,(H3,21,22,24);1H. The van der Waals surface area contributed by atoms with E-state index in [4.69, 9.17) is 10.5 Å². The first-order valence-corrected chi connectivity index (χ1v) is 8.64. The summed E-state index contributed by atoms with van der Waals surface area (Å²) in [5.74, 6) is 1.41. The number of nitrogens with two attached hydrogens (primary N) is 1. The number of aromatic nitrogens is 1. The Bertz CT molecular complexity index is 872. The van der Waals surface area contributed by atoms with E-state index >= 15 is 0 Å². The van der Waals surface area contributed by atoms with Crippen molar-refractivity contribution < 1.29 is 4.74 Å². The zero-order valence-electron chi connectivity index (χ0n) is 14.4. The summed E-state index contributed by atoms with van der Waals surface area (Å²) >= 11 is 0. The van der Waals surface area contributed by atoms with Crippen molar-refractivity contribution in [3.8, 4) is 5.75 Å². The Kier molecular flexibility index (Phi) is 6.03. The maximum atomic E-state index is 6.09. The summed E-state index contributed by atoms with van der Waals surface area (Å²) in [5.41, 5.74) is 9.56. The molecule has 1 unspecified atom stereocenters. The van der Waals surface area contributed by atoms with E-state index in [0.717, 1.165) is 29.7 Å². The van der Waals surface area contributed by atoms with E-state index in [1.54, 1.807) is 0 Å². The molecule has 0 amide bonds. The molecule has 1 aliphatic rings. The molecule has 1 aliphatic heterocycles. The number of ether oxygens (including phenoxy) is 1. The van der Waals surface area contributed by atoms with Crippen molar-refractivity contribution in [1.29, 1.82) is 0 Å². The number of aliphatic imine (C=N–C) groups is 1. The van der Waals surface area contributed by atoms with E-state index in [2.05, 4.69) is 39.6 Å². The van der Waals surface area contributed by atoms with Crippen LogP contribution < -0.4 is 15.8 Å². The highest BCUT2D eigenvalue weighted by molar-refractivity contribution is 14.0. The lowest BCUT2D eigenvalue weighted by Crippen LogP contribution is -2.37. The van der Waals surface area contributed by atoms with Crippen molar-refractivity contribution >= 4 is 40.8 Å². The van der Waals surface area contributed by atoms with Crippen molar-refractivity contribution in [1.82, 2.24) is 10.3 Å². The normalized spacial score (nSPS) is 16.5. The van der Waals surface area contributed by atoms with Crippen LogP contribution in [0.3, 0.4) is 0 Å². The van der Waals surface area contributed by atoms with Crippen LogP contribution in [0, 0.1) is 0 Å². The Morgan fingerprint density at radius 3 is 2.88 bits per heavy atom. The zero-order chi connectivity index (χ0) is 17.1. The Morgan fingerprint density at radius 1 is 1.19 bits per heavy atom. The van der Waals surface area contributed by atoms with Crippen LogP contribution in [0.4, 0.5) is 0 Å². The number of guanidine groups is 1. The Morgan fingerprint density at radius 2 is 2.00 bits per heavy atom. The quantitative estimate of drug-likeness (QED) is 0.314. The number of nitrogens with zero attached hydrogens (tertiary/aromatic N) is 1. The molecule has 3 aromatic rings. The molecule has 4 rings (SSSR count). The number of benzene rings is 2. The number of nitrogens with one attached hydrogen (secondary N) is 2. The first-order valence-electron chi connectivity index (χ1n) is 8.64. The predicted molar refractivity (Wildman–Crippen MR) is 116 cm³/mol. The van der Waals surface area contributed by atoms with Crippen LogP contribution in [0.25, 0.3) is 10.9 Å². The first kappa shape index (κ1) is 18.6. The van der Waals surface area contributed by atoms with E-state index in [1.165, 1.54) is 11.1 Å². The molecule has 0 bridgehead atoms. The Hall–Kier alpha value is -2.22. The van der Waals surface area contributed by atoms with E-state index in [9.17, 15) is 0 Å². The maximum absolute atomic E-state index is 6.09. The number of fused-ring (bicyclic) bond motifs is 2. The zero-order valence-corrected chi connectivity index (χ0v) is 16.8. The van der Waals surface area contributed by atoms with Gasteiger partial charge in [0.05, 0.1) is 12.6 Å². The third-order valence-corrected chi connectivity index (χ3v) is 4.53. The topological polar surface area (TPSA) is 75.4 Å². The molecule has 6 heteroatoms. The molecule has 0 saturated heterocycles. The largest absolute Gasteiger partial charge is 0.493 e. The molecule has 26 heavy (non-hydrogen) atoms. The van der Waals surface area contributed by atoms with Gasteiger partial charge in [-0.1, -0.05) is 36.4 Å². The second-order valence-electron chi connectivity index (χ2n) is 6.27. The number of para-hydroxylation sites is 2. The molecule has 0 aliphatic carbocycles. The third-order valence-electron chi connectivity index (χ3n) is 4.53. The highest BCUT2D eigenvalue weighted by Gasteiger charge is 2.21. The number of hydrogen-bond acceptors (Lipinski definition) is 2. The smallest absolute Gasteiger partial charge is 0.189 e. The summed E-state index contributed by atoms with van der Waals surface area (Å²) in [7, 11) is 0. The maximum Gasteiger partial charge on any atom is 0.189 e. The van der Waals surface area contributed by atoms with Crippen molar-refractivity contribution in [3.63, 3.8) is 0 Å². The van der Waals surface area contributed by atoms with Gasteiger partial charge in [0.25, 0.3) is 0 Å². The van der Waals surface area contributed by atoms with Gasteiger partial charge in [0.15, 0.2) is 5.96 Å². The van der Waals surface area contributed by atoms with Gasteiger partial charge in [-0.15, -0.1) is 24.0 Å². The van der Waals surface area contributed by atoms with Gasteiger partial charge in [-0.3, -0.25) is 4.99 Å². The lowest BCUT2D eigenvalue weighted by molar-refractivity contribution is 0.262. The van der Waals surface area contributed by atoms with E-state index in [-0.39, 0.29) is 30.0 Å². The van der Waals surface area contributed by atoms with Gasteiger partial charge in [-0.2, -0.15) is 0 Å². The molecule has 4 N–H and O–H groups in total. The minimum Gasteiger partial charge on any atom is -0.493 e. The van der Waals surface area contributed by atoms with Gasteiger partial charge in [0.2, 0.25) is 0 Å². The van der Waals surface area contributed by atoms with Gasteiger partial charge in [-0.25, -0.2) is 0 Å². The van der Waals surface area contributed by atoms with E-state index in [1.807, 2.05) is 30.3 Å². The summed E-state index contributed by atoms with van der Waals surface area (Å²) in [6, 6.07) is 18.7. The number of rotatable bonds is 4. The fourth-order valence-corrected chi connectivity index (χ4v) is 3.28. The van der Waals surface area contributed by atoms with Crippen LogP contribution in [0.15, 0.2) is 59.6 Å². The molecule has 136 valence electrons. The SMILES string of the molecule is I.NC(=NCCc1cc2ccccc2[nH]1)NC1CCOc2ccccc21. The van der Waals surface area contributed by atoms with E-state index < -0.39 is 0 Å². The van der Waals surface area contributed by atoms with Gasteiger partial charge < -0.3 is 20.8 Å². The Labute approximate surface area is 170 Å². The van der Waals surface area contributed by atoms with Crippen LogP contribution in [-0.2, 0) is 6.42 Å². The summed E-state index contributed by atoms with van der Waals surface area (Å²) in [5, 5.41) is 4.55. The molecule has 0 radical (unpaired) electrons. The number of aromatic amines is 1. The van der Waals surface area contributed by atoms with Crippen LogP contribution in [0.2, 0.25) is 0 Å². The van der Waals surface area contributed by atoms with Gasteiger partial charge in [-0.05, 0) is 23.6 Å². The van der Waals surface area contributed by atoms with Crippen molar-refractivity contribution in [3.05, 3.63) is 65.9 Å². The molecule has 1 aromatic heterocycles. The monoisotopic (exact) mass is 462 g/mol. The van der Waals surface area contributed by atoms with Gasteiger partial charge in [0, 0.05) is 36.2 Å². The minimum atomic E-state index is 0. The second kappa shape index (κ2) is 8.44. The molecule has 1 atom stereocenters. The van der Waals surface area contributed by atoms with Crippen LogP contribution in [0.1, 0.15) is 23.7 Å². The Balaban J connectivity index is 0.00000196. The molecular formula is C20H23IN4O. The number of hydrogen-bond donors (Lipinski definition) is 3. The van der Waals surface area contributed by atoms with Crippen molar-refractivity contribution in [2.24, 2.45) is 10.7 Å². The van der Waals surface area contributed by atoms with Gasteiger partial charge >= 0.3 is 0 Å². The van der Waals surface area contributed by atoms with Crippen LogP contribution in [0.5, 0.6) is 5.75 Å². The minimum absolute atomic E-state index is 0. The van der Waals surface area contributed by atoms with Gasteiger partial charge in [0.1, 0.15) is 5.75 Å². The lowest BCUT2D eigenvalue weighted by Gasteiger charge is -2.26. The average Bonchev–Trinajstić information content (AvgIpc) is 3.05. The molecule has 0 saturated carbocycles. The fraction of sp³-hybridized carbons (Fsp3) is 0.250. The average molecular weight is 462 g/mol. The third kappa shape index (κ3) is 4.12. The highest BCUT2D eigenvalue weighted by atomic mass is 127.